The van der Waals surface area contributed by atoms with Crippen molar-refractivity contribution in [3.05, 3.63) is 86.6 Å². The van der Waals surface area contributed by atoms with Gasteiger partial charge in [-0.25, -0.2) is 4.79 Å². The lowest BCUT2D eigenvalue weighted by molar-refractivity contribution is -0.140. The number of hydrogen-bond donors (Lipinski definition) is 2. The van der Waals surface area contributed by atoms with Gasteiger partial charge in [-0.1, -0.05) is 60.1 Å². The highest BCUT2D eigenvalue weighted by atomic mass is 35.5. The van der Waals surface area contributed by atoms with Crippen molar-refractivity contribution in [1.82, 2.24) is 0 Å². The van der Waals surface area contributed by atoms with Gasteiger partial charge >= 0.3 is 12.1 Å². The molecule has 1 amide bonds. The second-order valence-electron chi connectivity index (χ2n) is 8.65. The van der Waals surface area contributed by atoms with Gasteiger partial charge in [-0.2, -0.15) is 15.7 Å². The molecular weight excluding hydrogens is 521 g/mol. The van der Waals surface area contributed by atoms with Crippen LogP contribution in [0, 0.1) is 5.13 Å². The molecule has 5 nitrogen and oxygen atoms in total. The molecule has 1 unspecified atom stereocenters. The standard InChI is InChI=1S/C27H21ClFNO4S2/c1-15(20-13-35-14-21(20)28)34-26(33)30-22-12-23(29)36-24(22)19-5-3-2-4-18(19)16-6-8-17(9-7-16)27(10-11-27)25(31)32/h2-9,12-15H,10-11H2,1H3,(H,30,33)(H,31,32). The van der Waals surface area contributed by atoms with E-state index in [0.29, 0.717) is 34.0 Å². The average molecular weight is 542 g/mol. The molecule has 1 atom stereocenters. The maximum absolute atomic E-state index is 14.4. The van der Waals surface area contributed by atoms with Crippen molar-refractivity contribution < 1.29 is 23.8 Å². The average Bonchev–Trinajstić information content (AvgIpc) is 3.44. The molecule has 0 aliphatic heterocycles. The Balaban J connectivity index is 1.41. The number of hydrogen-bond acceptors (Lipinski definition) is 5. The zero-order valence-electron chi connectivity index (χ0n) is 19.1. The number of ether oxygens (including phenoxy) is 1. The molecule has 36 heavy (non-hydrogen) atoms. The van der Waals surface area contributed by atoms with Crippen LogP contribution >= 0.6 is 34.3 Å². The van der Waals surface area contributed by atoms with Gasteiger partial charge < -0.3 is 9.84 Å². The minimum Gasteiger partial charge on any atom is -0.481 e. The molecule has 0 radical (unpaired) electrons. The third-order valence-corrected chi connectivity index (χ3v) is 8.56. The van der Waals surface area contributed by atoms with Crippen LogP contribution in [0.3, 0.4) is 0 Å². The van der Waals surface area contributed by atoms with E-state index in [1.165, 1.54) is 17.4 Å². The first-order valence-corrected chi connectivity index (χ1v) is 13.3. The molecule has 184 valence electrons. The van der Waals surface area contributed by atoms with Gasteiger partial charge in [-0.3, -0.25) is 10.1 Å². The van der Waals surface area contributed by atoms with Gasteiger partial charge in [0, 0.05) is 22.6 Å². The molecule has 1 aliphatic carbocycles. The molecule has 1 fully saturated rings. The molecule has 5 rings (SSSR count). The van der Waals surface area contributed by atoms with Gasteiger partial charge in [0.05, 0.1) is 21.0 Å². The molecular formula is C27H21ClFNO4S2. The summed E-state index contributed by atoms with van der Waals surface area (Å²) in [6.07, 6.45) is -0.0133. The van der Waals surface area contributed by atoms with Crippen molar-refractivity contribution in [3.63, 3.8) is 0 Å². The number of carbonyl (C=O) groups is 2. The first-order valence-electron chi connectivity index (χ1n) is 11.2. The van der Waals surface area contributed by atoms with Crippen LogP contribution in [0.4, 0.5) is 14.9 Å². The van der Waals surface area contributed by atoms with Crippen LogP contribution in [-0.4, -0.2) is 17.2 Å². The number of aliphatic carboxylic acids is 1. The number of benzene rings is 2. The van der Waals surface area contributed by atoms with E-state index < -0.39 is 28.7 Å². The molecule has 0 saturated heterocycles. The summed E-state index contributed by atoms with van der Waals surface area (Å²) < 4.78 is 19.9. The fraction of sp³-hybridized carbons (Fsp3) is 0.185. The summed E-state index contributed by atoms with van der Waals surface area (Å²) in [5.41, 5.74) is 3.44. The lowest BCUT2D eigenvalue weighted by Gasteiger charge is -2.15. The van der Waals surface area contributed by atoms with E-state index in [0.717, 1.165) is 33.6 Å². The van der Waals surface area contributed by atoms with E-state index in [1.807, 2.05) is 53.9 Å². The number of rotatable bonds is 7. The highest BCUT2D eigenvalue weighted by molar-refractivity contribution is 7.14. The Bertz CT molecular complexity index is 1440. The zero-order chi connectivity index (χ0) is 25.4. The minimum atomic E-state index is -0.803. The van der Waals surface area contributed by atoms with Crippen molar-refractivity contribution in [3.8, 4) is 21.6 Å². The minimum absolute atomic E-state index is 0.304. The Morgan fingerprint density at radius 3 is 2.42 bits per heavy atom. The van der Waals surface area contributed by atoms with E-state index in [1.54, 1.807) is 12.3 Å². The number of halogens is 2. The van der Waals surface area contributed by atoms with E-state index >= 15 is 0 Å². The Morgan fingerprint density at radius 2 is 1.81 bits per heavy atom. The Hall–Kier alpha value is -3.20. The summed E-state index contributed by atoms with van der Waals surface area (Å²) in [6, 6.07) is 16.2. The molecule has 9 heteroatoms. The Morgan fingerprint density at radius 1 is 1.11 bits per heavy atom. The number of amides is 1. The van der Waals surface area contributed by atoms with Gasteiger partial charge in [0.25, 0.3) is 0 Å². The summed E-state index contributed by atoms with van der Waals surface area (Å²) in [5, 5.41) is 15.9. The molecule has 2 aromatic carbocycles. The highest BCUT2D eigenvalue weighted by Gasteiger charge is 2.51. The van der Waals surface area contributed by atoms with E-state index in [4.69, 9.17) is 16.3 Å². The number of anilines is 1. The van der Waals surface area contributed by atoms with Crippen LogP contribution in [0.1, 0.15) is 37.0 Å². The number of carbonyl (C=O) groups excluding carboxylic acids is 1. The lowest BCUT2D eigenvalue weighted by atomic mass is 9.92. The maximum Gasteiger partial charge on any atom is 0.412 e. The summed E-state index contributed by atoms with van der Waals surface area (Å²) in [5.74, 6) is -0.803. The molecule has 2 aromatic heterocycles. The van der Waals surface area contributed by atoms with Crippen molar-refractivity contribution >= 4 is 52.0 Å². The SMILES string of the molecule is CC(OC(=O)Nc1cc(F)sc1-c1ccccc1-c1ccc(C2(C(=O)O)CC2)cc1)c1cscc1Cl. The van der Waals surface area contributed by atoms with Crippen LogP contribution in [-0.2, 0) is 14.9 Å². The van der Waals surface area contributed by atoms with Crippen LogP contribution in [0.5, 0.6) is 0 Å². The first-order chi connectivity index (χ1) is 17.3. The lowest BCUT2D eigenvalue weighted by Crippen LogP contribution is -2.19. The fourth-order valence-corrected chi connectivity index (χ4v) is 6.35. The number of carboxylic acids is 1. The second-order valence-corrected chi connectivity index (χ2v) is 10.8. The van der Waals surface area contributed by atoms with Crippen LogP contribution in [0.15, 0.2) is 65.4 Å². The molecule has 1 aliphatic rings. The third kappa shape index (κ3) is 4.64. The Labute approximate surface area is 220 Å². The summed E-state index contributed by atoms with van der Waals surface area (Å²) in [6.45, 7) is 1.72. The fourth-order valence-electron chi connectivity index (χ4n) is 4.25. The molecule has 1 saturated carbocycles. The predicted octanol–water partition coefficient (Wildman–Crippen LogP) is 8.36. The second kappa shape index (κ2) is 9.69. The monoisotopic (exact) mass is 541 g/mol. The highest BCUT2D eigenvalue weighted by Crippen LogP contribution is 2.49. The summed E-state index contributed by atoms with van der Waals surface area (Å²) >= 11 is 8.48. The largest absolute Gasteiger partial charge is 0.481 e. The van der Waals surface area contributed by atoms with Crippen molar-refractivity contribution in [2.24, 2.45) is 0 Å². The topological polar surface area (TPSA) is 75.6 Å². The smallest absolute Gasteiger partial charge is 0.412 e. The van der Waals surface area contributed by atoms with Gasteiger partial charge in [0.15, 0.2) is 5.13 Å². The zero-order valence-corrected chi connectivity index (χ0v) is 21.5. The van der Waals surface area contributed by atoms with E-state index in [2.05, 4.69) is 5.32 Å². The van der Waals surface area contributed by atoms with Gasteiger partial charge in [-0.05, 0) is 41.8 Å². The number of carboxylic acid groups (broad SMARTS) is 1. The van der Waals surface area contributed by atoms with Gasteiger partial charge in [0.2, 0.25) is 0 Å². The first kappa shape index (κ1) is 24.5. The molecule has 0 spiro atoms. The van der Waals surface area contributed by atoms with Crippen LogP contribution < -0.4 is 5.32 Å². The predicted molar refractivity (Wildman–Crippen MR) is 142 cm³/mol. The number of thiophene rings is 2. The van der Waals surface area contributed by atoms with Crippen LogP contribution in [0.2, 0.25) is 5.02 Å². The van der Waals surface area contributed by atoms with Crippen molar-refractivity contribution in [2.45, 2.75) is 31.3 Å². The molecule has 2 heterocycles. The maximum atomic E-state index is 14.4. The Kier molecular flexibility index (Phi) is 6.59. The quantitative estimate of drug-likeness (QED) is 0.246. The van der Waals surface area contributed by atoms with Gasteiger partial charge in [0.1, 0.15) is 6.10 Å². The molecule has 0 bridgehead atoms. The molecule has 4 aromatic rings. The third-order valence-electron chi connectivity index (χ3n) is 6.38. The van der Waals surface area contributed by atoms with E-state index in [-0.39, 0.29) is 0 Å². The summed E-state index contributed by atoms with van der Waals surface area (Å²) in [4.78, 5) is 24.9. The van der Waals surface area contributed by atoms with E-state index in [9.17, 15) is 19.1 Å². The molecule has 2 N–H and O–H groups in total. The summed E-state index contributed by atoms with van der Waals surface area (Å²) in [7, 11) is 0. The van der Waals surface area contributed by atoms with Crippen molar-refractivity contribution in [2.75, 3.05) is 5.32 Å². The van der Waals surface area contributed by atoms with Gasteiger partial charge in [-0.15, -0.1) is 11.3 Å². The normalized spacial score (nSPS) is 14.8. The van der Waals surface area contributed by atoms with Crippen LogP contribution in [0.25, 0.3) is 21.6 Å². The number of nitrogens with one attached hydrogen (secondary N) is 1. The van der Waals surface area contributed by atoms with Crippen molar-refractivity contribution in [1.29, 1.82) is 0 Å².